The maximum absolute atomic E-state index is 12.0. The summed E-state index contributed by atoms with van der Waals surface area (Å²) in [5, 5.41) is 11.4. The van der Waals surface area contributed by atoms with E-state index >= 15 is 0 Å². The summed E-state index contributed by atoms with van der Waals surface area (Å²) in [5.74, 6) is 0.581. The predicted octanol–water partition coefficient (Wildman–Crippen LogP) is 5.30. The van der Waals surface area contributed by atoms with Gasteiger partial charge in [-0.05, 0) is 24.1 Å². The van der Waals surface area contributed by atoms with Crippen LogP contribution in [-0.4, -0.2) is 21.9 Å². The standard InChI is InChI=1S/C21H19N3OS2/c1-16-9-11-18(12-10-16)13-14-19(25)22-20-23-24-21(27-20)26-15-5-8-17-6-3-2-4-7-17/h2-14H,15H2,1H3,(H,22,23,25)/b8-5+,14-13+. The molecule has 0 aliphatic rings. The maximum Gasteiger partial charge on any atom is 0.250 e. The number of carbonyl (C=O) groups is 1. The molecule has 4 nitrogen and oxygen atoms in total. The third kappa shape index (κ3) is 6.51. The predicted molar refractivity (Wildman–Crippen MR) is 115 cm³/mol. The number of amides is 1. The Morgan fingerprint density at radius 1 is 1.04 bits per heavy atom. The Labute approximate surface area is 167 Å². The van der Waals surface area contributed by atoms with E-state index in [0.29, 0.717) is 5.13 Å². The average Bonchev–Trinajstić information content (AvgIpc) is 3.13. The number of nitrogens with zero attached hydrogens (tertiary/aromatic N) is 2. The van der Waals surface area contributed by atoms with E-state index in [2.05, 4.69) is 39.8 Å². The number of hydrogen-bond donors (Lipinski definition) is 1. The van der Waals surface area contributed by atoms with Crippen LogP contribution in [0.4, 0.5) is 5.13 Å². The minimum Gasteiger partial charge on any atom is -0.297 e. The number of aromatic nitrogens is 2. The molecule has 136 valence electrons. The number of nitrogens with one attached hydrogen (secondary N) is 1. The highest BCUT2D eigenvalue weighted by Crippen LogP contribution is 2.25. The SMILES string of the molecule is Cc1ccc(/C=C/C(=O)Nc2nnc(SC/C=C/c3ccccc3)s2)cc1. The van der Waals surface area contributed by atoms with Crippen molar-refractivity contribution < 1.29 is 4.79 Å². The van der Waals surface area contributed by atoms with Crippen LogP contribution in [0.3, 0.4) is 0 Å². The molecule has 1 N–H and O–H groups in total. The van der Waals surface area contributed by atoms with Crippen molar-refractivity contribution in [2.45, 2.75) is 11.3 Å². The number of hydrogen-bond acceptors (Lipinski definition) is 5. The normalized spacial score (nSPS) is 11.3. The second-order valence-electron chi connectivity index (χ2n) is 5.73. The lowest BCUT2D eigenvalue weighted by molar-refractivity contribution is -0.111. The Balaban J connectivity index is 1.46. The molecular formula is C21H19N3OS2. The molecule has 0 saturated carbocycles. The molecule has 1 amide bonds. The zero-order chi connectivity index (χ0) is 18.9. The van der Waals surface area contributed by atoms with Gasteiger partial charge in [0.15, 0.2) is 4.34 Å². The highest BCUT2D eigenvalue weighted by atomic mass is 32.2. The molecular weight excluding hydrogens is 374 g/mol. The van der Waals surface area contributed by atoms with E-state index in [-0.39, 0.29) is 5.91 Å². The van der Waals surface area contributed by atoms with Gasteiger partial charge in [0, 0.05) is 11.8 Å². The average molecular weight is 394 g/mol. The van der Waals surface area contributed by atoms with Crippen molar-refractivity contribution in [3.05, 3.63) is 83.4 Å². The summed E-state index contributed by atoms with van der Waals surface area (Å²) in [5.41, 5.74) is 3.34. The summed E-state index contributed by atoms with van der Waals surface area (Å²) in [6.07, 6.45) is 7.44. The van der Waals surface area contributed by atoms with Crippen LogP contribution in [-0.2, 0) is 4.79 Å². The summed E-state index contributed by atoms with van der Waals surface area (Å²) in [6, 6.07) is 18.1. The van der Waals surface area contributed by atoms with Crippen molar-refractivity contribution in [1.82, 2.24) is 10.2 Å². The topological polar surface area (TPSA) is 54.9 Å². The summed E-state index contributed by atoms with van der Waals surface area (Å²) in [4.78, 5) is 12.0. The van der Waals surface area contributed by atoms with Crippen LogP contribution in [0.1, 0.15) is 16.7 Å². The van der Waals surface area contributed by atoms with Gasteiger partial charge in [0.2, 0.25) is 11.0 Å². The molecule has 0 saturated heterocycles. The van der Waals surface area contributed by atoms with Crippen molar-refractivity contribution in [3.8, 4) is 0 Å². The van der Waals surface area contributed by atoms with E-state index in [1.54, 1.807) is 17.8 Å². The first-order chi connectivity index (χ1) is 13.2. The summed E-state index contributed by atoms with van der Waals surface area (Å²) in [7, 11) is 0. The van der Waals surface area contributed by atoms with Crippen molar-refractivity contribution in [2.24, 2.45) is 0 Å². The molecule has 1 heterocycles. The summed E-state index contributed by atoms with van der Waals surface area (Å²) < 4.78 is 0.825. The van der Waals surface area contributed by atoms with E-state index in [9.17, 15) is 4.79 Å². The van der Waals surface area contributed by atoms with Gasteiger partial charge in [-0.15, -0.1) is 10.2 Å². The van der Waals surface area contributed by atoms with Gasteiger partial charge in [0.25, 0.3) is 0 Å². The van der Waals surface area contributed by atoms with Gasteiger partial charge in [-0.25, -0.2) is 0 Å². The first-order valence-electron chi connectivity index (χ1n) is 8.43. The van der Waals surface area contributed by atoms with Gasteiger partial charge in [0.05, 0.1) is 0 Å². The second-order valence-corrected chi connectivity index (χ2v) is 7.98. The molecule has 2 aromatic carbocycles. The Morgan fingerprint density at radius 3 is 2.56 bits per heavy atom. The Hall–Kier alpha value is -2.70. The number of anilines is 1. The molecule has 3 rings (SSSR count). The Morgan fingerprint density at radius 2 is 1.78 bits per heavy atom. The largest absolute Gasteiger partial charge is 0.297 e. The monoisotopic (exact) mass is 393 g/mol. The Bertz CT molecular complexity index is 932. The molecule has 3 aromatic rings. The fourth-order valence-corrected chi connectivity index (χ4v) is 3.77. The number of benzene rings is 2. The molecule has 27 heavy (non-hydrogen) atoms. The molecule has 6 heteroatoms. The van der Waals surface area contributed by atoms with Gasteiger partial charge in [-0.3, -0.25) is 10.1 Å². The molecule has 0 spiro atoms. The van der Waals surface area contributed by atoms with Gasteiger partial charge in [-0.1, -0.05) is 95.4 Å². The highest BCUT2D eigenvalue weighted by Gasteiger charge is 2.06. The van der Waals surface area contributed by atoms with Crippen molar-refractivity contribution in [2.75, 3.05) is 11.1 Å². The fraction of sp³-hybridized carbons (Fsp3) is 0.0952. The van der Waals surface area contributed by atoms with Crippen LogP contribution >= 0.6 is 23.1 Å². The van der Waals surface area contributed by atoms with Crippen molar-refractivity contribution in [3.63, 3.8) is 0 Å². The molecule has 1 aromatic heterocycles. The zero-order valence-corrected chi connectivity index (χ0v) is 16.5. The molecule has 0 aliphatic carbocycles. The lowest BCUT2D eigenvalue weighted by atomic mass is 10.1. The van der Waals surface area contributed by atoms with Crippen LogP contribution in [0.15, 0.2) is 71.1 Å². The van der Waals surface area contributed by atoms with E-state index in [1.807, 2.05) is 49.4 Å². The number of rotatable bonds is 7. The van der Waals surface area contributed by atoms with Crippen molar-refractivity contribution >= 4 is 46.3 Å². The fourth-order valence-electron chi connectivity index (χ4n) is 2.18. The third-order valence-electron chi connectivity index (χ3n) is 3.55. The first kappa shape index (κ1) is 19.1. The number of thioether (sulfide) groups is 1. The van der Waals surface area contributed by atoms with Gasteiger partial charge >= 0.3 is 0 Å². The number of carbonyl (C=O) groups excluding carboxylic acids is 1. The minimum atomic E-state index is -0.216. The van der Waals surface area contributed by atoms with Crippen molar-refractivity contribution in [1.29, 1.82) is 0 Å². The number of aryl methyl sites for hydroxylation is 1. The molecule has 0 fully saturated rings. The smallest absolute Gasteiger partial charge is 0.250 e. The van der Waals surface area contributed by atoms with E-state index in [1.165, 1.54) is 28.5 Å². The molecule has 0 atom stereocenters. The Kier molecular flexibility index (Phi) is 6.96. The van der Waals surface area contributed by atoms with Crippen LogP contribution in [0.25, 0.3) is 12.2 Å². The lowest BCUT2D eigenvalue weighted by Crippen LogP contribution is -2.07. The van der Waals surface area contributed by atoms with Gasteiger partial charge in [0.1, 0.15) is 0 Å². The van der Waals surface area contributed by atoms with Crippen LogP contribution in [0, 0.1) is 6.92 Å². The second kappa shape index (κ2) is 9.85. The van der Waals surface area contributed by atoms with Crippen LogP contribution in [0.2, 0.25) is 0 Å². The first-order valence-corrected chi connectivity index (χ1v) is 10.2. The summed E-state index contributed by atoms with van der Waals surface area (Å²) >= 11 is 2.96. The minimum absolute atomic E-state index is 0.216. The van der Waals surface area contributed by atoms with Crippen LogP contribution < -0.4 is 5.32 Å². The molecule has 0 bridgehead atoms. The van der Waals surface area contributed by atoms with E-state index < -0.39 is 0 Å². The van der Waals surface area contributed by atoms with Crippen LogP contribution in [0.5, 0.6) is 0 Å². The van der Waals surface area contributed by atoms with Gasteiger partial charge in [-0.2, -0.15) is 0 Å². The summed E-state index contributed by atoms with van der Waals surface area (Å²) in [6.45, 7) is 2.03. The van der Waals surface area contributed by atoms with E-state index in [0.717, 1.165) is 15.7 Å². The molecule has 0 unspecified atom stereocenters. The highest BCUT2D eigenvalue weighted by molar-refractivity contribution is 8.01. The van der Waals surface area contributed by atoms with Gasteiger partial charge < -0.3 is 0 Å². The zero-order valence-electron chi connectivity index (χ0n) is 14.8. The molecule has 0 aliphatic heterocycles. The van der Waals surface area contributed by atoms with E-state index in [4.69, 9.17) is 0 Å². The lowest BCUT2D eigenvalue weighted by Gasteiger charge is -1.96. The molecule has 0 radical (unpaired) electrons. The quantitative estimate of drug-likeness (QED) is 0.336. The third-order valence-corrected chi connectivity index (χ3v) is 5.48. The maximum atomic E-state index is 12.0.